The lowest BCUT2D eigenvalue weighted by atomic mass is 10.1. The van der Waals surface area contributed by atoms with Gasteiger partial charge in [0.25, 0.3) is 0 Å². The molecule has 0 saturated heterocycles. The fourth-order valence-electron chi connectivity index (χ4n) is 2.38. The summed E-state index contributed by atoms with van der Waals surface area (Å²) in [5, 5.41) is 12.9. The molecule has 124 valence electrons. The number of aromatic carboxylic acids is 1. The fourth-order valence-corrected chi connectivity index (χ4v) is 3.68. The van der Waals surface area contributed by atoms with Crippen LogP contribution in [0.15, 0.2) is 27.6 Å². The van der Waals surface area contributed by atoms with Crippen molar-refractivity contribution in [3.63, 3.8) is 0 Å². The molecule has 0 aliphatic carbocycles. The topological polar surface area (TPSA) is 110 Å². The maximum absolute atomic E-state index is 12.4. The van der Waals surface area contributed by atoms with Gasteiger partial charge in [0.1, 0.15) is 5.76 Å². The van der Waals surface area contributed by atoms with Crippen molar-refractivity contribution in [3.8, 4) is 0 Å². The molecule has 0 radical (unpaired) electrons. The number of hydrogen-bond acceptors (Lipinski definition) is 5. The number of carboxylic acid groups (broad SMARTS) is 1. The molecule has 0 aliphatic heterocycles. The molecule has 0 bridgehead atoms. The van der Waals surface area contributed by atoms with Gasteiger partial charge < -0.3 is 9.63 Å². The van der Waals surface area contributed by atoms with Crippen LogP contribution in [-0.4, -0.2) is 31.2 Å². The van der Waals surface area contributed by atoms with Crippen LogP contribution in [0.25, 0.3) is 0 Å². The molecule has 1 aromatic carbocycles. The predicted octanol–water partition coefficient (Wildman–Crippen LogP) is 1.82. The first kappa shape index (κ1) is 17.2. The predicted molar refractivity (Wildman–Crippen MR) is 83.0 cm³/mol. The Morgan fingerprint density at radius 1 is 1.30 bits per heavy atom. The second-order valence-electron chi connectivity index (χ2n) is 5.18. The van der Waals surface area contributed by atoms with Crippen LogP contribution in [-0.2, 0) is 16.4 Å². The minimum atomic E-state index is -3.79. The Kier molecular flexibility index (Phi) is 4.86. The van der Waals surface area contributed by atoms with Gasteiger partial charge in [-0.15, -0.1) is 0 Å². The number of hydrogen-bond donors (Lipinski definition) is 2. The first-order chi connectivity index (χ1) is 10.7. The molecule has 2 rings (SSSR count). The Morgan fingerprint density at radius 3 is 2.57 bits per heavy atom. The molecule has 2 aromatic rings. The zero-order valence-electron chi connectivity index (χ0n) is 13.1. The van der Waals surface area contributed by atoms with Crippen molar-refractivity contribution < 1.29 is 22.8 Å². The lowest BCUT2D eigenvalue weighted by Crippen LogP contribution is -2.27. The molecule has 0 fully saturated rings. The van der Waals surface area contributed by atoms with Gasteiger partial charge in [0.15, 0.2) is 0 Å². The van der Waals surface area contributed by atoms with Crippen molar-refractivity contribution in [1.82, 2.24) is 9.88 Å². The van der Waals surface area contributed by atoms with Crippen molar-refractivity contribution in [3.05, 3.63) is 46.3 Å². The van der Waals surface area contributed by atoms with Gasteiger partial charge in [-0.05, 0) is 44.9 Å². The summed E-state index contributed by atoms with van der Waals surface area (Å²) < 4.78 is 32.3. The Balaban J connectivity index is 2.17. The highest BCUT2D eigenvalue weighted by Gasteiger charge is 2.20. The van der Waals surface area contributed by atoms with Gasteiger partial charge in [0, 0.05) is 12.1 Å². The highest BCUT2D eigenvalue weighted by atomic mass is 32.2. The number of rotatable bonds is 6. The zero-order valence-corrected chi connectivity index (χ0v) is 13.9. The third-order valence-corrected chi connectivity index (χ3v) is 5.26. The van der Waals surface area contributed by atoms with Crippen molar-refractivity contribution in [2.75, 3.05) is 6.54 Å². The molecule has 1 heterocycles. The third-order valence-electron chi connectivity index (χ3n) is 3.65. The molecule has 7 nitrogen and oxygen atoms in total. The van der Waals surface area contributed by atoms with E-state index in [1.165, 1.54) is 25.1 Å². The van der Waals surface area contributed by atoms with E-state index in [4.69, 9.17) is 9.63 Å². The molecule has 0 aliphatic rings. The summed E-state index contributed by atoms with van der Waals surface area (Å²) in [6.07, 6.45) is 0.443. The van der Waals surface area contributed by atoms with Gasteiger partial charge in [-0.3, -0.25) is 0 Å². The number of aromatic nitrogens is 1. The summed E-state index contributed by atoms with van der Waals surface area (Å²) in [5.41, 5.74) is 1.78. The van der Waals surface area contributed by atoms with Crippen LogP contribution in [0.1, 0.15) is 32.9 Å². The highest BCUT2D eigenvalue weighted by molar-refractivity contribution is 7.89. The summed E-state index contributed by atoms with van der Waals surface area (Å²) in [6, 6.07) is 4.18. The van der Waals surface area contributed by atoms with E-state index in [1.807, 2.05) is 0 Å². The quantitative estimate of drug-likeness (QED) is 0.831. The minimum Gasteiger partial charge on any atom is -0.478 e. The standard InChI is InChI=1S/C15H18N2O5S/c1-9-12(15(18)19)5-4-6-14(9)23(20,21)16-8-7-13-10(2)17-22-11(13)3/h4-6,16H,7-8H2,1-3H3,(H,18,19). The first-order valence-corrected chi connectivity index (χ1v) is 8.46. The largest absolute Gasteiger partial charge is 0.478 e. The normalized spacial score (nSPS) is 11.6. The van der Waals surface area contributed by atoms with Crippen LogP contribution in [0.5, 0.6) is 0 Å². The van der Waals surface area contributed by atoms with Gasteiger partial charge in [0.05, 0.1) is 16.2 Å². The molecular weight excluding hydrogens is 320 g/mol. The lowest BCUT2D eigenvalue weighted by Gasteiger charge is -2.11. The second kappa shape index (κ2) is 6.51. The molecule has 0 spiro atoms. The van der Waals surface area contributed by atoms with Crippen LogP contribution in [0, 0.1) is 20.8 Å². The Bertz CT molecular complexity index is 820. The number of aryl methyl sites for hydroxylation is 2. The fraction of sp³-hybridized carbons (Fsp3) is 0.333. The molecule has 0 unspecified atom stereocenters. The van der Waals surface area contributed by atoms with Crippen molar-refractivity contribution in [1.29, 1.82) is 0 Å². The summed E-state index contributed by atoms with van der Waals surface area (Å²) in [5.74, 6) is -0.499. The van der Waals surface area contributed by atoms with E-state index >= 15 is 0 Å². The van der Waals surface area contributed by atoms with E-state index in [0.717, 1.165) is 11.3 Å². The van der Waals surface area contributed by atoms with Crippen molar-refractivity contribution in [2.45, 2.75) is 32.1 Å². The van der Waals surface area contributed by atoms with Crippen LogP contribution < -0.4 is 4.72 Å². The van der Waals surface area contributed by atoms with E-state index < -0.39 is 16.0 Å². The van der Waals surface area contributed by atoms with Gasteiger partial charge in [-0.1, -0.05) is 11.2 Å². The van der Waals surface area contributed by atoms with Crippen LogP contribution >= 0.6 is 0 Å². The van der Waals surface area contributed by atoms with E-state index in [9.17, 15) is 13.2 Å². The van der Waals surface area contributed by atoms with Gasteiger partial charge >= 0.3 is 5.97 Å². The molecule has 0 amide bonds. The molecule has 23 heavy (non-hydrogen) atoms. The number of nitrogens with one attached hydrogen (secondary N) is 1. The van der Waals surface area contributed by atoms with Crippen LogP contribution in [0.3, 0.4) is 0 Å². The van der Waals surface area contributed by atoms with E-state index in [0.29, 0.717) is 12.2 Å². The second-order valence-corrected chi connectivity index (χ2v) is 6.92. The van der Waals surface area contributed by atoms with E-state index in [1.54, 1.807) is 13.8 Å². The number of carbonyl (C=O) groups is 1. The molecule has 0 atom stereocenters. The van der Waals surface area contributed by atoms with Gasteiger partial charge in [0.2, 0.25) is 10.0 Å². The Labute approximate surface area is 134 Å². The summed E-state index contributed by atoms with van der Waals surface area (Å²) in [6.45, 7) is 5.21. The number of carboxylic acids is 1. The summed E-state index contributed by atoms with van der Waals surface area (Å²) in [7, 11) is -3.79. The monoisotopic (exact) mass is 338 g/mol. The minimum absolute atomic E-state index is 0.0291. The maximum atomic E-state index is 12.4. The molecule has 8 heteroatoms. The molecule has 0 saturated carbocycles. The average molecular weight is 338 g/mol. The van der Waals surface area contributed by atoms with E-state index in [2.05, 4.69) is 9.88 Å². The molecule has 1 aromatic heterocycles. The summed E-state index contributed by atoms with van der Waals surface area (Å²) >= 11 is 0. The number of benzene rings is 1. The molecular formula is C15H18N2O5S. The average Bonchev–Trinajstić information content (AvgIpc) is 2.78. The van der Waals surface area contributed by atoms with Crippen molar-refractivity contribution >= 4 is 16.0 Å². The van der Waals surface area contributed by atoms with Crippen LogP contribution in [0.4, 0.5) is 0 Å². The first-order valence-electron chi connectivity index (χ1n) is 6.98. The van der Waals surface area contributed by atoms with E-state index in [-0.39, 0.29) is 22.6 Å². The lowest BCUT2D eigenvalue weighted by molar-refractivity contribution is 0.0696. The summed E-state index contributed by atoms with van der Waals surface area (Å²) in [4.78, 5) is 11.1. The number of nitrogens with zero attached hydrogens (tertiary/aromatic N) is 1. The Hall–Kier alpha value is -2.19. The smallest absolute Gasteiger partial charge is 0.335 e. The number of sulfonamides is 1. The molecule has 2 N–H and O–H groups in total. The zero-order chi connectivity index (χ0) is 17.2. The van der Waals surface area contributed by atoms with Crippen LogP contribution in [0.2, 0.25) is 0 Å². The van der Waals surface area contributed by atoms with Gasteiger partial charge in [-0.25, -0.2) is 17.9 Å². The SMILES string of the molecule is Cc1noc(C)c1CCNS(=O)(=O)c1cccc(C(=O)O)c1C. The van der Waals surface area contributed by atoms with Gasteiger partial charge in [-0.2, -0.15) is 0 Å². The third kappa shape index (κ3) is 3.59. The highest BCUT2D eigenvalue weighted by Crippen LogP contribution is 2.19. The maximum Gasteiger partial charge on any atom is 0.335 e. The Morgan fingerprint density at radius 2 is 2.00 bits per heavy atom. The van der Waals surface area contributed by atoms with Crippen molar-refractivity contribution in [2.24, 2.45) is 0 Å².